The molecule has 0 radical (unpaired) electrons. The van der Waals surface area contributed by atoms with Crippen molar-refractivity contribution in [2.24, 2.45) is 0 Å². The first-order chi connectivity index (χ1) is 12.8. The fourth-order valence-corrected chi connectivity index (χ4v) is 3.45. The highest BCUT2D eigenvalue weighted by Crippen LogP contribution is 2.27. The maximum atomic E-state index is 5.53. The van der Waals surface area contributed by atoms with Crippen LogP contribution in [0.25, 0.3) is 0 Å². The summed E-state index contributed by atoms with van der Waals surface area (Å²) in [6.07, 6.45) is 6.27. The molecule has 0 saturated carbocycles. The van der Waals surface area contributed by atoms with Crippen LogP contribution >= 0.6 is 0 Å². The van der Waals surface area contributed by atoms with E-state index in [1.807, 2.05) is 6.20 Å². The fraction of sp³-hybridized carbons (Fsp3) is 0.556. The summed E-state index contributed by atoms with van der Waals surface area (Å²) >= 11 is 0. The van der Waals surface area contributed by atoms with Crippen LogP contribution < -0.4 is 9.80 Å². The van der Waals surface area contributed by atoms with Gasteiger partial charge in [0, 0.05) is 64.3 Å². The molecule has 0 amide bonds. The lowest BCUT2D eigenvalue weighted by molar-refractivity contribution is 0.177. The van der Waals surface area contributed by atoms with Gasteiger partial charge < -0.3 is 19.3 Å². The molecule has 2 aromatic rings. The molecule has 4 heterocycles. The minimum Gasteiger partial charge on any atom is -0.381 e. The molecule has 8 nitrogen and oxygen atoms in total. The monoisotopic (exact) mass is 356 g/mol. The number of piperazine rings is 1. The first kappa shape index (κ1) is 17.1. The number of hydrogen-bond donors (Lipinski definition) is 0. The maximum Gasteiger partial charge on any atom is 0.156 e. The Morgan fingerprint density at radius 1 is 1.12 bits per heavy atom. The molecular formula is C18H24N6O2. The van der Waals surface area contributed by atoms with Crippen molar-refractivity contribution in [3.8, 4) is 0 Å². The summed E-state index contributed by atoms with van der Waals surface area (Å²) in [5.74, 6) is 3.00. The number of anilines is 2. The Hall–Kier alpha value is -2.32. The van der Waals surface area contributed by atoms with Gasteiger partial charge in [-0.05, 0) is 6.42 Å². The highest BCUT2D eigenvalue weighted by Gasteiger charge is 2.24. The maximum absolute atomic E-state index is 5.53. The van der Waals surface area contributed by atoms with Crippen molar-refractivity contribution in [3.05, 3.63) is 36.2 Å². The molecule has 26 heavy (non-hydrogen) atoms. The van der Waals surface area contributed by atoms with Gasteiger partial charge in [-0.15, -0.1) is 0 Å². The minimum absolute atomic E-state index is 0.355. The predicted octanol–water partition coefficient (Wildman–Crippen LogP) is 1.24. The van der Waals surface area contributed by atoms with Gasteiger partial charge in [-0.3, -0.25) is 4.98 Å². The molecule has 0 bridgehead atoms. The Morgan fingerprint density at radius 2 is 1.92 bits per heavy atom. The smallest absolute Gasteiger partial charge is 0.156 e. The number of nitrogens with zero attached hydrogens (tertiary/aromatic N) is 6. The average molecular weight is 356 g/mol. The van der Waals surface area contributed by atoms with Crippen LogP contribution in [0.1, 0.15) is 23.9 Å². The van der Waals surface area contributed by atoms with Gasteiger partial charge in [0.1, 0.15) is 18.2 Å². The van der Waals surface area contributed by atoms with E-state index in [1.54, 1.807) is 19.5 Å². The summed E-state index contributed by atoms with van der Waals surface area (Å²) in [6, 6.07) is 2.12. The Kier molecular flexibility index (Phi) is 5.21. The molecule has 0 aromatic carbocycles. The topological polar surface area (TPSA) is 76.5 Å². The van der Waals surface area contributed by atoms with Crippen LogP contribution in [0.2, 0.25) is 0 Å². The quantitative estimate of drug-likeness (QED) is 0.792. The van der Waals surface area contributed by atoms with Gasteiger partial charge in [0.15, 0.2) is 5.82 Å². The molecule has 0 aliphatic carbocycles. The van der Waals surface area contributed by atoms with Gasteiger partial charge in [-0.1, -0.05) is 0 Å². The van der Waals surface area contributed by atoms with Crippen molar-refractivity contribution in [2.45, 2.75) is 18.9 Å². The number of aromatic nitrogens is 4. The van der Waals surface area contributed by atoms with E-state index in [2.05, 4.69) is 25.8 Å². The SMILES string of the molecule is COCc1nc([C@H]2CCOC2)cc(N2CCN(c3cnccn3)CC2)n1. The third-order valence-corrected chi connectivity index (χ3v) is 4.88. The van der Waals surface area contributed by atoms with E-state index in [0.29, 0.717) is 12.5 Å². The molecule has 138 valence electrons. The van der Waals surface area contributed by atoms with Crippen LogP contribution in [0.15, 0.2) is 24.7 Å². The lowest BCUT2D eigenvalue weighted by Crippen LogP contribution is -2.47. The van der Waals surface area contributed by atoms with E-state index in [-0.39, 0.29) is 0 Å². The molecular weight excluding hydrogens is 332 g/mol. The Labute approximate surface area is 153 Å². The van der Waals surface area contributed by atoms with Crippen LogP contribution in [0.4, 0.5) is 11.6 Å². The average Bonchev–Trinajstić information content (AvgIpc) is 3.24. The van der Waals surface area contributed by atoms with Gasteiger partial charge in [-0.25, -0.2) is 15.0 Å². The normalized spacial score (nSPS) is 20.6. The minimum atomic E-state index is 0.355. The zero-order valence-corrected chi connectivity index (χ0v) is 15.0. The van der Waals surface area contributed by atoms with Crippen molar-refractivity contribution in [2.75, 3.05) is 56.3 Å². The lowest BCUT2D eigenvalue weighted by atomic mass is 10.0. The van der Waals surface area contributed by atoms with Crippen LogP contribution in [0, 0.1) is 0 Å². The second kappa shape index (κ2) is 7.92. The van der Waals surface area contributed by atoms with E-state index in [0.717, 1.165) is 69.0 Å². The van der Waals surface area contributed by atoms with Gasteiger partial charge in [0.05, 0.1) is 18.5 Å². The zero-order valence-electron chi connectivity index (χ0n) is 15.0. The van der Waals surface area contributed by atoms with E-state index in [1.165, 1.54) is 0 Å². The Bertz CT molecular complexity index is 715. The standard InChI is InChI=1S/C18H24N6O2/c1-25-13-16-21-15(14-2-9-26-12-14)10-17(22-16)23-5-7-24(8-6-23)18-11-19-3-4-20-18/h3-4,10-11,14H,2,5-9,12-13H2,1H3/t14-/m0/s1. The molecule has 2 aromatic heterocycles. The first-order valence-electron chi connectivity index (χ1n) is 9.04. The third-order valence-electron chi connectivity index (χ3n) is 4.88. The summed E-state index contributed by atoms with van der Waals surface area (Å²) < 4.78 is 10.8. The Morgan fingerprint density at radius 3 is 2.58 bits per heavy atom. The highest BCUT2D eigenvalue weighted by molar-refractivity contribution is 5.45. The largest absolute Gasteiger partial charge is 0.381 e. The van der Waals surface area contributed by atoms with Crippen LogP contribution in [0.5, 0.6) is 0 Å². The van der Waals surface area contributed by atoms with Gasteiger partial charge in [-0.2, -0.15) is 0 Å². The van der Waals surface area contributed by atoms with Gasteiger partial charge >= 0.3 is 0 Å². The molecule has 0 unspecified atom stereocenters. The second-order valence-electron chi connectivity index (χ2n) is 6.60. The van der Waals surface area contributed by atoms with Crippen LogP contribution in [0.3, 0.4) is 0 Å². The van der Waals surface area contributed by atoms with Crippen molar-refractivity contribution in [3.63, 3.8) is 0 Å². The second-order valence-corrected chi connectivity index (χ2v) is 6.60. The van der Waals surface area contributed by atoms with E-state index in [4.69, 9.17) is 19.4 Å². The van der Waals surface area contributed by atoms with E-state index >= 15 is 0 Å². The van der Waals surface area contributed by atoms with Crippen molar-refractivity contribution in [1.29, 1.82) is 0 Å². The summed E-state index contributed by atoms with van der Waals surface area (Å²) in [6.45, 7) is 5.54. The lowest BCUT2D eigenvalue weighted by Gasteiger charge is -2.36. The van der Waals surface area contributed by atoms with Gasteiger partial charge in [0.2, 0.25) is 0 Å². The number of rotatable bonds is 5. The first-order valence-corrected chi connectivity index (χ1v) is 9.04. The molecule has 4 rings (SSSR count). The number of methoxy groups -OCH3 is 1. The predicted molar refractivity (Wildman–Crippen MR) is 97.4 cm³/mol. The molecule has 0 spiro atoms. The van der Waals surface area contributed by atoms with Crippen LogP contribution in [-0.2, 0) is 16.1 Å². The van der Waals surface area contributed by atoms with Crippen LogP contribution in [-0.4, -0.2) is 66.4 Å². The van der Waals surface area contributed by atoms with E-state index < -0.39 is 0 Å². The summed E-state index contributed by atoms with van der Waals surface area (Å²) in [5.41, 5.74) is 1.07. The highest BCUT2D eigenvalue weighted by atomic mass is 16.5. The molecule has 0 N–H and O–H groups in total. The van der Waals surface area contributed by atoms with Gasteiger partial charge in [0.25, 0.3) is 0 Å². The summed E-state index contributed by atoms with van der Waals surface area (Å²) in [4.78, 5) is 22.5. The molecule has 8 heteroatoms. The van der Waals surface area contributed by atoms with Crippen molar-refractivity contribution >= 4 is 11.6 Å². The molecule has 2 fully saturated rings. The molecule has 2 aliphatic rings. The Balaban J connectivity index is 1.50. The zero-order chi connectivity index (χ0) is 17.8. The van der Waals surface area contributed by atoms with Crippen molar-refractivity contribution < 1.29 is 9.47 Å². The molecule has 1 atom stereocenters. The molecule has 2 aliphatic heterocycles. The third kappa shape index (κ3) is 3.76. The summed E-state index contributed by atoms with van der Waals surface area (Å²) in [5, 5.41) is 0. The van der Waals surface area contributed by atoms with Crippen molar-refractivity contribution in [1.82, 2.24) is 19.9 Å². The number of ether oxygens (including phenoxy) is 2. The number of hydrogen-bond acceptors (Lipinski definition) is 8. The molecule has 2 saturated heterocycles. The summed E-state index contributed by atoms with van der Waals surface area (Å²) in [7, 11) is 1.67. The van der Waals surface area contributed by atoms with E-state index in [9.17, 15) is 0 Å². The fourth-order valence-electron chi connectivity index (χ4n) is 3.45.